The van der Waals surface area contributed by atoms with Crippen molar-refractivity contribution in [3.8, 4) is 5.88 Å². The van der Waals surface area contributed by atoms with E-state index in [1.807, 2.05) is 0 Å². The molecule has 64 valence electrons. The molecule has 0 saturated heterocycles. The van der Waals surface area contributed by atoms with Gasteiger partial charge in [0, 0.05) is 0 Å². The minimum absolute atomic E-state index is 0.242. The van der Waals surface area contributed by atoms with Gasteiger partial charge >= 0.3 is 5.97 Å². The summed E-state index contributed by atoms with van der Waals surface area (Å²) in [4.78, 5) is 13.7. The van der Waals surface area contributed by atoms with Crippen LogP contribution in [0.15, 0.2) is 12.1 Å². The summed E-state index contributed by atoms with van der Waals surface area (Å²) in [6.07, 6.45) is 0. The first kappa shape index (κ1) is 8.45. The van der Waals surface area contributed by atoms with Gasteiger partial charge < -0.3 is 9.84 Å². The molecule has 0 aliphatic rings. The van der Waals surface area contributed by atoms with Gasteiger partial charge in [-0.1, -0.05) is 0 Å². The highest BCUT2D eigenvalue weighted by molar-refractivity contribution is 5.85. The van der Waals surface area contributed by atoms with Crippen LogP contribution in [0.4, 0.5) is 4.39 Å². The molecule has 5 heteroatoms. The second-order valence-corrected chi connectivity index (χ2v) is 1.99. The zero-order valence-electron chi connectivity index (χ0n) is 6.24. The monoisotopic (exact) mass is 171 g/mol. The summed E-state index contributed by atoms with van der Waals surface area (Å²) >= 11 is 0. The maximum Gasteiger partial charge on any atom is 0.354 e. The van der Waals surface area contributed by atoms with E-state index in [1.54, 1.807) is 0 Å². The van der Waals surface area contributed by atoms with Crippen LogP contribution >= 0.6 is 0 Å². The molecule has 0 bridgehead atoms. The number of rotatable bonds is 2. The predicted octanol–water partition coefficient (Wildman–Crippen LogP) is 0.927. The van der Waals surface area contributed by atoms with Crippen LogP contribution in [-0.4, -0.2) is 23.2 Å². The van der Waals surface area contributed by atoms with Gasteiger partial charge in [0.1, 0.15) is 0 Å². The van der Waals surface area contributed by atoms with Crippen LogP contribution in [0.25, 0.3) is 0 Å². The van der Waals surface area contributed by atoms with Crippen LogP contribution < -0.4 is 4.74 Å². The summed E-state index contributed by atoms with van der Waals surface area (Å²) in [5.41, 5.74) is -0.242. The Labute approximate surface area is 67.6 Å². The predicted molar refractivity (Wildman–Crippen MR) is 37.7 cm³/mol. The Balaban J connectivity index is 3.13. The maximum absolute atomic E-state index is 12.7. The van der Waals surface area contributed by atoms with E-state index >= 15 is 0 Å². The summed E-state index contributed by atoms with van der Waals surface area (Å²) < 4.78 is 17.1. The largest absolute Gasteiger partial charge is 0.479 e. The number of carboxylic acid groups (broad SMARTS) is 1. The van der Waals surface area contributed by atoms with Gasteiger partial charge in [0.05, 0.1) is 7.11 Å². The molecule has 0 atom stereocenters. The highest BCUT2D eigenvalue weighted by Crippen LogP contribution is 2.12. The Morgan fingerprint density at radius 1 is 1.67 bits per heavy atom. The molecular formula is C7H6FNO3. The fraction of sp³-hybridized carbons (Fsp3) is 0.143. The molecule has 0 aliphatic carbocycles. The Morgan fingerprint density at radius 3 is 2.83 bits per heavy atom. The van der Waals surface area contributed by atoms with Crippen molar-refractivity contribution in [2.24, 2.45) is 0 Å². The number of carboxylic acids is 1. The smallest absolute Gasteiger partial charge is 0.354 e. The van der Waals surface area contributed by atoms with Crippen molar-refractivity contribution in [3.63, 3.8) is 0 Å². The first-order chi connectivity index (χ1) is 5.65. The number of carbonyl (C=O) groups is 1. The van der Waals surface area contributed by atoms with Crippen molar-refractivity contribution in [2.45, 2.75) is 0 Å². The van der Waals surface area contributed by atoms with Crippen LogP contribution in [0.5, 0.6) is 5.88 Å². The van der Waals surface area contributed by atoms with Crippen molar-refractivity contribution >= 4 is 5.97 Å². The molecule has 0 saturated carbocycles. The molecule has 4 nitrogen and oxygen atoms in total. The zero-order valence-corrected chi connectivity index (χ0v) is 6.24. The van der Waals surface area contributed by atoms with Crippen LogP contribution in [0.1, 0.15) is 10.5 Å². The topological polar surface area (TPSA) is 59.4 Å². The quantitative estimate of drug-likeness (QED) is 0.718. The van der Waals surface area contributed by atoms with Gasteiger partial charge in [-0.3, -0.25) is 0 Å². The molecule has 0 aliphatic heterocycles. The van der Waals surface area contributed by atoms with Crippen LogP contribution in [0.3, 0.4) is 0 Å². The van der Waals surface area contributed by atoms with E-state index in [9.17, 15) is 9.18 Å². The van der Waals surface area contributed by atoms with Gasteiger partial charge in [0.15, 0.2) is 11.5 Å². The van der Waals surface area contributed by atoms with E-state index in [0.29, 0.717) is 0 Å². The Bertz CT molecular complexity index is 314. The lowest BCUT2D eigenvalue weighted by atomic mass is 10.3. The lowest BCUT2D eigenvalue weighted by Crippen LogP contribution is -2.02. The number of halogens is 1. The van der Waals surface area contributed by atoms with Crippen LogP contribution in [0.2, 0.25) is 0 Å². The molecule has 0 spiro atoms. The summed E-state index contributed by atoms with van der Waals surface area (Å²) in [7, 11) is 1.22. The molecule has 0 radical (unpaired) electrons. The highest BCUT2D eigenvalue weighted by Gasteiger charge is 2.09. The average Bonchev–Trinajstić information content (AvgIpc) is 2.05. The molecule has 1 N–H and O–H groups in total. The molecule has 0 amide bonds. The number of pyridine rings is 1. The second kappa shape index (κ2) is 3.17. The van der Waals surface area contributed by atoms with Gasteiger partial charge in [0.2, 0.25) is 0 Å². The number of aromatic nitrogens is 1. The van der Waals surface area contributed by atoms with Crippen LogP contribution in [-0.2, 0) is 0 Å². The minimum Gasteiger partial charge on any atom is -0.479 e. The van der Waals surface area contributed by atoms with Gasteiger partial charge in [-0.2, -0.15) is 0 Å². The van der Waals surface area contributed by atoms with Crippen molar-refractivity contribution in [1.82, 2.24) is 4.98 Å². The molecule has 12 heavy (non-hydrogen) atoms. The fourth-order valence-electron chi connectivity index (χ4n) is 0.686. The number of hydrogen-bond acceptors (Lipinski definition) is 3. The summed E-state index contributed by atoms with van der Waals surface area (Å²) in [6.45, 7) is 0. The molecule has 1 aromatic heterocycles. The van der Waals surface area contributed by atoms with E-state index in [2.05, 4.69) is 9.72 Å². The third kappa shape index (κ3) is 1.50. The first-order valence-corrected chi connectivity index (χ1v) is 3.09. The summed E-state index contributed by atoms with van der Waals surface area (Å²) in [5, 5.41) is 8.46. The Morgan fingerprint density at radius 2 is 2.33 bits per heavy atom. The molecule has 0 unspecified atom stereocenters. The Kier molecular flexibility index (Phi) is 2.23. The zero-order chi connectivity index (χ0) is 9.14. The SMILES string of the molecule is COc1nc(C(=O)O)ccc1F. The molecule has 1 rings (SSSR count). The molecule has 1 aromatic rings. The lowest BCUT2D eigenvalue weighted by Gasteiger charge is -2.00. The van der Waals surface area contributed by atoms with Gasteiger partial charge in [-0.25, -0.2) is 14.2 Å². The number of ether oxygens (including phenoxy) is 1. The van der Waals surface area contributed by atoms with Crippen molar-refractivity contribution in [3.05, 3.63) is 23.6 Å². The second-order valence-electron chi connectivity index (χ2n) is 1.99. The fourth-order valence-corrected chi connectivity index (χ4v) is 0.686. The summed E-state index contributed by atoms with van der Waals surface area (Å²) in [6, 6.07) is 2.06. The number of aromatic carboxylic acids is 1. The van der Waals surface area contributed by atoms with Gasteiger partial charge in [-0.15, -0.1) is 0 Å². The van der Waals surface area contributed by atoms with Gasteiger partial charge in [-0.05, 0) is 12.1 Å². The first-order valence-electron chi connectivity index (χ1n) is 3.09. The van der Waals surface area contributed by atoms with E-state index < -0.39 is 11.8 Å². The maximum atomic E-state index is 12.7. The lowest BCUT2D eigenvalue weighted by molar-refractivity contribution is 0.0689. The van der Waals surface area contributed by atoms with Crippen LogP contribution in [0, 0.1) is 5.82 Å². The van der Waals surface area contributed by atoms with Gasteiger partial charge in [0.25, 0.3) is 5.88 Å². The minimum atomic E-state index is -1.21. The number of hydrogen-bond donors (Lipinski definition) is 1. The van der Waals surface area contributed by atoms with E-state index in [-0.39, 0.29) is 11.6 Å². The van der Waals surface area contributed by atoms with Crippen molar-refractivity contribution in [1.29, 1.82) is 0 Å². The van der Waals surface area contributed by atoms with Crippen molar-refractivity contribution in [2.75, 3.05) is 7.11 Å². The standard InChI is InChI=1S/C7H6FNO3/c1-12-6-4(8)2-3-5(9-6)7(10)11/h2-3H,1H3,(H,10,11). The van der Waals surface area contributed by atoms with Crippen molar-refractivity contribution < 1.29 is 19.0 Å². The van der Waals surface area contributed by atoms with E-state index in [0.717, 1.165) is 12.1 Å². The molecular weight excluding hydrogens is 165 g/mol. The Hall–Kier alpha value is -1.65. The third-order valence-corrected chi connectivity index (χ3v) is 1.23. The third-order valence-electron chi connectivity index (χ3n) is 1.23. The highest BCUT2D eigenvalue weighted by atomic mass is 19.1. The summed E-state index contributed by atoms with van der Waals surface area (Å²) in [5.74, 6) is -2.20. The molecule has 0 fully saturated rings. The number of nitrogens with zero attached hydrogens (tertiary/aromatic N) is 1. The van der Waals surface area contributed by atoms with E-state index in [1.165, 1.54) is 7.11 Å². The number of methoxy groups -OCH3 is 1. The normalized spacial score (nSPS) is 9.50. The van der Waals surface area contributed by atoms with E-state index in [4.69, 9.17) is 5.11 Å². The average molecular weight is 171 g/mol. The molecule has 1 heterocycles. The molecule has 0 aromatic carbocycles.